The molecule has 1 saturated heterocycles. The van der Waals surface area contributed by atoms with Crippen LogP contribution < -0.4 is 0 Å². The number of aromatic nitrogens is 2. The Morgan fingerprint density at radius 3 is 2.95 bits per heavy atom. The van der Waals surface area contributed by atoms with Crippen molar-refractivity contribution in [2.75, 3.05) is 26.3 Å². The number of rotatable bonds is 2. The van der Waals surface area contributed by atoms with Crippen LogP contribution in [0.4, 0.5) is 0 Å². The van der Waals surface area contributed by atoms with Crippen molar-refractivity contribution in [2.45, 2.75) is 32.2 Å². The first-order valence-corrected chi connectivity index (χ1v) is 7.79. The van der Waals surface area contributed by atoms with Crippen LogP contribution in [-0.2, 0) is 21.5 Å². The molecule has 0 N–H and O–H groups in total. The maximum atomic E-state index is 13.1. The molecular weight excluding hydrogens is 266 g/mol. The van der Waals surface area contributed by atoms with Gasteiger partial charge in [-0.25, -0.2) is 4.98 Å². The van der Waals surface area contributed by atoms with Gasteiger partial charge in [-0.1, -0.05) is 5.57 Å². The van der Waals surface area contributed by atoms with Crippen LogP contribution in [0.3, 0.4) is 0 Å². The lowest BCUT2D eigenvalue weighted by molar-refractivity contribution is -0.138. The smallest absolute Gasteiger partial charge is 0.235 e. The summed E-state index contributed by atoms with van der Waals surface area (Å²) >= 11 is 0. The van der Waals surface area contributed by atoms with Gasteiger partial charge in [0, 0.05) is 25.6 Å². The van der Waals surface area contributed by atoms with Gasteiger partial charge in [-0.05, 0) is 26.3 Å². The average molecular weight is 287 g/mol. The predicted octanol–water partition coefficient (Wildman–Crippen LogP) is 1.44. The van der Waals surface area contributed by atoms with Crippen LogP contribution in [0.1, 0.15) is 31.7 Å². The van der Waals surface area contributed by atoms with Crippen LogP contribution in [-0.4, -0.2) is 46.7 Å². The Morgan fingerprint density at radius 2 is 2.24 bits per heavy atom. The van der Waals surface area contributed by atoms with Crippen LogP contribution >= 0.6 is 0 Å². The molecule has 0 spiro atoms. The fourth-order valence-corrected chi connectivity index (χ4v) is 3.92. The van der Waals surface area contributed by atoms with Crippen LogP contribution in [0, 0.1) is 5.92 Å². The topological polar surface area (TPSA) is 47.4 Å². The lowest BCUT2D eigenvalue weighted by Crippen LogP contribution is -2.47. The molecule has 1 aromatic rings. The lowest BCUT2D eigenvalue weighted by atomic mass is 9.87. The van der Waals surface area contributed by atoms with Gasteiger partial charge >= 0.3 is 0 Å². The molecule has 2 aliphatic carbocycles. The van der Waals surface area contributed by atoms with Crippen LogP contribution in [0.25, 0.3) is 6.08 Å². The van der Waals surface area contributed by atoms with E-state index in [9.17, 15) is 4.79 Å². The third-order valence-electron chi connectivity index (χ3n) is 5.20. The highest BCUT2D eigenvalue weighted by molar-refractivity contribution is 5.95. The number of hydrogen-bond donors (Lipinski definition) is 0. The minimum absolute atomic E-state index is 0.255. The number of amides is 1. The summed E-state index contributed by atoms with van der Waals surface area (Å²) in [6, 6.07) is 0. The molecule has 21 heavy (non-hydrogen) atoms. The van der Waals surface area contributed by atoms with Crippen LogP contribution in [0.5, 0.6) is 0 Å². The fraction of sp³-hybridized carbons (Fsp3) is 0.625. The molecule has 1 amide bonds. The Labute approximate surface area is 124 Å². The second-order valence-electron chi connectivity index (χ2n) is 6.29. The summed E-state index contributed by atoms with van der Waals surface area (Å²) in [4.78, 5) is 19.7. The monoisotopic (exact) mass is 287 g/mol. The maximum absolute atomic E-state index is 13.1. The molecule has 2 fully saturated rings. The molecule has 3 aliphatic rings. The molecule has 0 bridgehead atoms. The minimum atomic E-state index is -0.383. The van der Waals surface area contributed by atoms with Gasteiger partial charge in [-0.2, -0.15) is 0 Å². The number of aryl methyl sites for hydroxylation is 1. The molecule has 0 aromatic carbocycles. The van der Waals surface area contributed by atoms with Gasteiger partial charge in [-0.15, -0.1) is 0 Å². The number of nitrogens with zero attached hydrogens (tertiary/aromatic N) is 3. The third-order valence-corrected chi connectivity index (χ3v) is 5.20. The zero-order chi connectivity index (χ0) is 14.6. The number of allylic oxidation sites excluding steroid dienone is 1. The van der Waals surface area contributed by atoms with Crippen molar-refractivity contribution >= 4 is 12.0 Å². The van der Waals surface area contributed by atoms with Gasteiger partial charge < -0.3 is 14.2 Å². The predicted molar refractivity (Wildman–Crippen MR) is 78.7 cm³/mol. The standard InChI is InChI=1S/C16H21N3O2/c1-3-18-10-17-14-13(18)8-11(2)12-9-16(12,14)15(20)19-4-6-21-7-5-19/h8,10,12H,3-7,9H2,1-2H3. The number of carbonyl (C=O) groups is 1. The average Bonchev–Trinajstić information content (AvgIpc) is 3.17. The molecule has 4 rings (SSSR count). The fourth-order valence-electron chi connectivity index (χ4n) is 3.92. The van der Waals surface area contributed by atoms with E-state index in [4.69, 9.17) is 4.74 Å². The zero-order valence-electron chi connectivity index (χ0n) is 12.6. The molecule has 1 aliphatic heterocycles. The Hall–Kier alpha value is -1.62. The number of imidazole rings is 1. The highest BCUT2D eigenvalue weighted by Crippen LogP contribution is 2.61. The summed E-state index contributed by atoms with van der Waals surface area (Å²) in [6.45, 7) is 7.86. The van der Waals surface area contributed by atoms with E-state index < -0.39 is 0 Å². The normalized spacial score (nSPS) is 30.5. The molecule has 5 heteroatoms. The van der Waals surface area contributed by atoms with Crippen molar-refractivity contribution in [3.05, 3.63) is 23.3 Å². The van der Waals surface area contributed by atoms with E-state index in [0.29, 0.717) is 32.2 Å². The first-order chi connectivity index (χ1) is 10.2. The highest BCUT2D eigenvalue weighted by atomic mass is 16.5. The molecule has 2 heterocycles. The summed E-state index contributed by atoms with van der Waals surface area (Å²) in [5.74, 6) is 0.603. The zero-order valence-corrected chi connectivity index (χ0v) is 12.6. The van der Waals surface area contributed by atoms with Crippen molar-refractivity contribution in [3.8, 4) is 0 Å². The van der Waals surface area contributed by atoms with Gasteiger partial charge in [0.2, 0.25) is 5.91 Å². The summed E-state index contributed by atoms with van der Waals surface area (Å²) in [6.07, 6.45) is 5.01. The van der Waals surface area contributed by atoms with E-state index in [-0.39, 0.29) is 11.3 Å². The molecule has 5 nitrogen and oxygen atoms in total. The van der Waals surface area contributed by atoms with E-state index in [1.165, 1.54) is 5.57 Å². The highest BCUT2D eigenvalue weighted by Gasteiger charge is 2.66. The Bertz CT molecular complexity index is 627. The van der Waals surface area contributed by atoms with E-state index in [2.05, 4.69) is 29.5 Å². The number of hydrogen-bond acceptors (Lipinski definition) is 3. The molecule has 2 unspecified atom stereocenters. The Balaban J connectivity index is 1.74. The van der Waals surface area contributed by atoms with Crippen molar-refractivity contribution in [1.82, 2.24) is 14.5 Å². The summed E-state index contributed by atoms with van der Waals surface area (Å²) in [7, 11) is 0. The van der Waals surface area contributed by atoms with Crippen LogP contribution in [0.2, 0.25) is 0 Å². The molecule has 2 atom stereocenters. The summed E-state index contributed by atoms with van der Waals surface area (Å²) in [5, 5.41) is 0. The van der Waals surface area contributed by atoms with Gasteiger partial charge in [0.25, 0.3) is 0 Å². The number of morpholine rings is 1. The van der Waals surface area contributed by atoms with Gasteiger partial charge in [-0.3, -0.25) is 4.79 Å². The Kier molecular flexibility index (Phi) is 2.76. The molecule has 0 radical (unpaired) electrons. The SMILES string of the molecule is CCn1cnc2c1C=C(C)C1CC21C(=O)N1CCOCC1. The lowest BCUT2D eigenvalue weighted by Gasteiger charge is -2.32. The van der Waals surface area contributed by atoms with Crippen LogP contribution in [0.15, 0.2) is 11.9 Å². The molecule has 1 aromatic heterocycles. The number of fused-ring (bicyclic) bond motifs is 3. The Morgan fingerprint density at radius 1 is 1.48 bits per heavy atom. The van der Waals surface area contributed by atoms with Crippen molar-refractivity contribution in [1.29, 1.82) is 0 Å². The third kappa shape index (κ3) is 1.67. The first-order valence-electron chi connectivity index (χ1n) is 7.79. The van der Waals surface area contributed by atoms with Gasteiger partial charge in [0.1, 0.15) is 5.41 Å². The largest absolute Gasteiger partial charge is 0.378 e. The summed E-state index contributed by atoms with van der Waals surface area (Å²) in [5.41, 5.74) is 3.06. The minimum Gasteiger partial charge on any atom is -0.378 e. The van der Waals surface area contributed by atoms with Gasteiger partial charge in [0.15, 0.2) is 0 Å². The molecule has 1 saturated carbocycles. The number of ether oxygens (including phenoxy) is 1. The van der Waals surface area contributed by atoms with E-state index in [1.807, 2.05) is 11.2 Å². The van der Waals surface area contributed by atoms with Crippen molar-refractivity contribution < 1.29 is 9.53 Å². The van der Waals surface area contributed by atoms with Crippen molar-refractivity contribution in [2.24, 2.45) is 5.92 Å². The summed E-state index contributed by atoms with van der Waals surface area (Å²) < 4.78 is 7.51. The number of carbonyl (C=O) groups excluding carboxylic acids is 1. The second-order valence-corrected chi connectivity index (χ2v) is 6.29. The maximum Gasteiger partial charge on any atom is 0.235 e. The first kappa shape index (κ1) is 13.1. The second kappa shape index (κ2) is 4.44. The molecule has 112 valence electrons. The quantitative estimate of drug-likeness (QED) is 0.827. The van der Waals surface area contributed by atoms with E-state index in [0.717, 1.165) is 24.4 Å². The van der Waals surface area contributed by atoms with Gasteiger partial charge in [0.05, 0.1) is 30.9 Å². The van der Waals surface area contributed by atoms with E-state index >= 15 is 0 Å². The molecular formula is C16H21N3O2. The van der Waals surface area contributed by atoms with E-state index in [1.54, 1.807) is 0 Å². The van der Waals surface area contributed by atoms with Crippen molar-refractivity contribution in [3.63, 3.8) is 0 Å².